The molecule has 23 heavy (non-hydrogen) atoms. The predicted octanol–water partition coefficient (Wildman–Crippen LogP) is 3.39. The van der Waals surface area contributed by atoms with Gasteiger partial charge in [-0.2, -0.15) is 0 Å². The van der Waals surface area contributed by atoms with Gasteiger partial charge in [0.2, 0.25) is 5.79 Å². The first-order valence-electron chi connectivity index (χ1n) is 7.98. The molecule has 1 aromatic carbocycles. The number of aryl methyl sites for hydroxylation is 1. The predicted molar refractivity (Wildman–Crippen MR) is 90.4 cm³/mol. The summed E-state index contributed by atoms with van der Waals surface area (Å²) in [5.74, 6) is 0.635. The fourth-order valence-electron chi connectivity index (χ4n) is 2.61. The van der Waals surface area contributed by atoms with E-state index in [0.717, 1.165) is 23.8 Å². The molecule has 0 fully saturated rings. The zero-order valence-electron chi connectivity index (χ0n) is 15.0. The Morgan fingerprint density at radius 1 is 1.17 bits per heavy atom. The summed E-state index contributed by atoms with van der Waals surface area (Å²) in [6.07, 6.45) is 0.830. The van der Waals surface area contributed by atoms with Crippen LogP contribution in [0.4, 0.5) is 0 Å². The van der Waals surface area contributed by atoms with Crippen molar-refractivity contribution in [2.75, 3.05) is 21.3 Å². The Hall–Kier alpha value is -0.923. The quantitative estimate of drug-likeness (QED) is 0.712. The summed E-state index contributed by atoms with van der Waals surface area (Å²) in [5, 5.41) is 0. The summed E-state index contributed by atoms with van der Waals surface area (Å²) in [7, 11) is 2.38. The Bertz CT molecular complexity index is 521. The maximum Gasteiger partial charge on any atom is 0.500 e. The normalized spacial score (nSPS) is 21.2. The minimum atomic E-state index is -2.54. The van der Waals surface area contributed by atoms with Gasteiger partial charge in [0.25, 0.3) is 0 Å². The number of hydrogen-bond acceptors (Lipinski definition) is 5. The lowest BCUT2D eigenvalue weighted by atomic mass is 10.0. The second kappa shape index (κ2) is 7.32. The van der Waals surface area contributed by atoms with Crippen molar-refractivity contribution in [2.45, 2.75) is 45.6 Å². The largest absolute Gasteiger partial charge is 0.500 e. The average Bonchev–Trinajstić information content (AvgIpc) is 2.56. The second-order valence-electron chi connectivity index (χ2n) is 6.30. The third-order valence-corrected chi connectivity index (χ3v) is 7.38. The molecule has 0 saturated heterocycles. The monoisotopic (exact) mass is 340 g/mol. The van der Waals surface area contributed by atoms with Crippen LogP contribution in [0.3, 0.4) is 0 Å². The van der Waals surface area contributed by atoms with Crippen molar-refractivity contribution in [3.63, 3.8) is 0 Å². The summed E-state index contributed by atoms with van der Waals surface area (Å²) < 4.78 is 28.4. The van der Waals surface area contributed by atoms with Crippen LogP contribution in [0.1, 0.15) is 31.9 Å². The topological polar surface area (TPSA) is 46.2 Å². The molecular formula is C17H28O5Si. The van der Waals surface area contributed by atoms with Crippen LogP contribution in [-0.4, -0.2) is 35.9 Å². The highest BCUT2D eigenvalue weighted by Crippen LogP contribution is 2.36. The molecule has 130 valence electrons. The van der Waals surface area contributed by atoms with Gasteiger partial charge >= 0.3 is 8.80 Å². The zero-order chi connectivity index (χ0) is 17.1. The molecule has 2 rings (SSSR count). The Labute approximate surface area is 140 Å². The first-order valence-corrected chi connectivity index (χ1v) is 9.91. The highest BCUT2D eigenvalue weighted by Gasteiger charge is 2.38. The van der Waals surface area contributed by atoms with Crippen molar-refractivity contribution in [2.24, 2.45) is 5.92 Å². The van der Waals surface area contributed by atoms with Crippen LogP contribution in [0.25, 0.3) is 0 Å². The smallest absolute Gasteiger partial charge is 0.462 e. The van der Waals surface area contributed by atoms with Crippen LogP contribution in [0, 0.1) is 5.92 Å². The van der Waals surface area contributed by atoms with Gasteiger partial charge in [-0.3, -0.25) is 0 Å². The molecule has 1 aromatic rings. The van der Waals surface area contributed by atoms with Crippen molar-refractivity contribution in [3.05, 3.63) is 29.3 Å². The van der Waals surface area contributed by atoms with Crippen molar-refractivity contribution >= 4 is 8.80 Å². The number of hydrogen-bond donors (Lipinski definition) is 0. The van der Waals surface area contributed by atoms with Gasteiger partial charge < -0.3 is 22.8 Å². The lowest BCUT2D eigenvalue weighted by Gasteiger charge is -2.38. The van der Waals surface area contributed by atoms with Crippen LogP contribution in [-0.2, 0) is 31.0 Å². The molecule has 5 nitrogen and oxygen atoms in total. The van der Waals surface area contributed by atoms with Gasteiger partial charge in [-0.25, -0.2) is 0 Å². The van der Waals surface area contributed by atoms with E-state index in [1.165, 1.54) is 5.56 Å². The van der Waals surface area contributed by atoms with Crippen LogP contribution in [0.5, 0.6) is 5.75 Å². The molecule has 0 spiro atoms. The summed E-state index contributed by atoms with van der Waals surface area (Å²) in [6.45, 7) is 6.76. The zero-order valence-corrected chi connectivity index (χ0v) is 16.0. The maximum atomic E-state index is 6.06. The van der Waals surface area contributed by atoms with Gasteiger partial charge in [0.05, 0.1) is 6.61 Å². The minimum absolute atomic E-state index is 0.284. The minimum Gasteiger partial charge on any atom is -0.462 e. The molecule has 0 aromatic heterocycles. The molecule has 0 N–H and O–H groups in total. The van der Waals surface area contributed by atoms with Gasteiger partial charge in [-0.1, -0.05) is 19.9 Å². The molecule has 1 unspecified atom stereocenters. The van der Waals surface area contributed by atoms with E-state index < -0.39 is 14.6 Å². The Kier molecular flexibility index (Phi) is 5.86. The van der Waals surface area contributed by atoms with Crippen LogP contribution >= 0.6 is 0 Å². The molecule has 1 aliphatic heterocycles. The van der Waals surface area contributed by atoms with E-state index in [9.17, 15) is 0 Å². The average molecular weight is 340 g/mol. The highest BCUT2D eigenvalue weighted by atomic mass is 28.4. The van der Waals surface area contributed by atoms with Gasteiger partial charge in [0.1, 0.15) is 5.75 Å². The van der Waals surface area contributed by atoms with Crippen molar-refractivity contribution in [1.29, 1.82) is 0 Å². The third-order valence-electron chi connectivity index (χ3n) is 4.65. The number of ether oxygens (including phenoxy) is 2. The molecule has 0 aliphatic carbocycles. The van der Waals surface area contributed by atoms with Gasteiger partial charge in [-0.05, 0) is 24.1 Å². The number of benzene rings is 1. The molecule has 1 atom stereocenters. The van der Waals surface area contributed by atoms with Crippen molar-refractivity contribution < 1.29 is 22.8 Å². The van der Waals surface area contributed by atoms with Crippen LogP contribution in [0.15, 0.2) is 18.2 Å². The lowest BCUT2D eigenvalue weighted by molar-refractivity contribution is -0.219. The molecule has 0 bridgehead atoms. The first-order chi connectivity index (χ1) is 10.9. The molecular weight excluding hydrogens is 312 g/mol. The highest BCUT2D eigenvalue weighted by molar-refractivity contribution is 6.60. The lowest BCUT2D eigenvalue weighted by Crippen LogP contribution is -2.43. The molecule has 0 saturated carbocycles. The van der Waals surface area contributed by atoms with Crippen LogP contribution in [0.2, 0.25) is 6.04 Å². The fraction of sp³-hybridized carbons (Fsp3) is 0.647. The van der Waals surface area contributed by atoms with Crippen LogP contribution < -0.4 is 4.74 Å². The van der Waals surface area contributed by atoms with Gasteiger partial charge in [0.15, 0.2) is 0 Å². The summed E-state index contributed by atoms with van der Waals surface area (Å²) in [4.78, 5) is 0. The summed E-state index contributed by atoms with van der Waals surface area (Å²) in [6, 6.07) is 6.99. The Morgan fingerprint density at radius 3 is 2.39 bits per heavy atom. The van der Waals surface area contributed by atoms with Gasteiger partial charge in [0, 0.05) is 45.8 Å². The van der Waals surface area contributed by atoms with E-state index in [0.29, 0.717) is 6.61 Å². The standard InChI is InChI=1S/C17H28O5Si/c1-13(2)17(3)21-12-15-11-14(7-8-16(15)22-17)9-10-23(18-4,19-5)20-6/h7-8,11,13H,9-10,12H2,1-6H3. The summed E-state index contributed by atoms with van der Waals surface area (Å²) in [5.41, 5.74) is 2.28. The molecule has 1 heterocycles. The molecule has 0 radical (unpaired) electrons. The third kappa shape index (κ3) is 3.95. The number of rotatable bonds is 7. The van der Waals surface area contributed by atoms with E-state index >= 15 is 0 Å². The summed E-state index contributed by atoms with van der Waals surface area (Å²) >= 11 is 0. The first kappa shape index (κ1) is 18.4. The molecule has 1 aliphatic rings. The SMILES string of the molecule is CO[Si](CCc1ccc2c(c1)COC(C)(C(C)C)O2)(OC)OC. The Balaban J connectivity index is 2.08. The fourth-order valence-corrected chi connectivity index (χ4v) is 4.31. The van der Waals surface area contributed by atoms with E-state index in [4.69, 9.17) is 22.8 Å². The van der Waals surface area contributed by atoms with Crippen molar-refractivity contribution in [3.8, 4) is 5.75 Å². The molecule has 0 amide bonds. The van der Waals surface area contributed by atoms with E-state index in [1.54, 1.807) is 21.3 Å². The second-order valence-corrected chi connectivity index (χ2v) is 9.39. The van der Waals surface area contributed by atoms with E-state index in [1.807, 2.05) is 13.0 Å². The van der Waals surface area contributed by atoms with E-state index in [-0.39, 0.29) is 5.92 Å². The maximum absolute atomic E-state index is 6.06. The Morgan fingerprint density at radius 2 is 1.83 bits per heavy atom. The number of fused-ring (bicyclic) bond motifs is 1. The molecule has 6 heteroatoms. The van der Waals surface area contributed by atoms with E-state index in [2.05, 4.69) is 26.0 Å². The van der Waals surface area contributed by atoms with Gasteiger partial charge in [-0.15, -0.1) is 0 Å². The van der Waals surface area contributed by atoms with Crippen molar-refractivity contribution in [1.82, 2.24) is 0 Å².